The zero-order valence-electron chi connectivity index (χ0n) is 10.6. The van der Waals surface area contributed by atoms with Crippen LogP contribution in [0, 0.1) is 0 Å². The van der Waals surface area contributed by atoms with Crippen LogP contribution >= 0.6 is 0 Å². The highest BCUT2D eigenvalue weighted by Crippen LogP contribution is 2.37. The molecule has 2 aromatic rings. The van der Waals surface area contributed by atoms with Crippen LogP contribution in [0.15, 0.2) is 39.6 Å². The maximum atomic E-state index is 13.0. The molecule has 0 aliphatic rings. The van der Waals surface area contributed by atoms with Crippen molar-refractivity contribution < 1.29 is 30.8 Å². The third kappa shape index (κ3) is 3.15. The Morgan fingerprint density at radius 2 is 1.81 bits per heavy atom. The summed E-state index contributed by atoms with van der Waals surface area (Å²) in [6.45, 7) is 0. The first-order valence-electron chi connectivity index (χ1n) is 5.59. The van der Waals surface area contributed by atoms with E-state index in [0.29, 0.717) is 18.6 Å². The molecule has 2 rings (SSSR count). The summed E-state index contributed by atoms with van der Waals surface area (Å²) in [5.74, 6) is 0.00778. The Labute approximate surface area is 118 Å². The van der Waals surface area contributed by atoms with Crippen molar-refractivity contribution in [2.75, 3.05) is 6.26 Å². The summed E-state index contributed by atoms with van der Waals surface area (Å²) in [5, 5.41) is 0. The minimum Gasteiger partial charge on any atom is -0.453 e. The number of hydrogen-bond donors (Lipinski definition) is 0. The maximum absolute atomic E-state index is 13.0. The van der Waals surface area contributed by atoms with Crippen molar-refractivity contribution in [1.82, 2.24) is 0 Å². The van der Waals surface area contributed by atoms with Crippen LogP contribution in [0.2, 0.25) is 0 Å². The Balaban J connectivity index is 2.65. The summed E-state index contributed by atoms with van der Waals surface area (Å²) in [6.07, 6.45) is -3.71. The van der Waals surface area contributed by atoms with E-state index in [0.717, 1.165) is 6.07 Å². The van der Waals surface area contributed by atoms with Gasteiger partial charge in [0.05, 0.1) is 10.5 Å². The first-order valence-corrected chi connectivity index (χ1v) is 7.49. The van der Waals surface area contributed by atoms with Gasteiger partial charge in [-0.25, -0.2) is 8.42 Å². The predicted molar refractivity (Wildman–Crippen MR) is 67.6 cm³/mol. The lowest BCUT2D eigenvalue weighted by molar-refractivity contribution is -0.139. The molecule has 21 heavy (non-hydrogen) atoms. The van der Waals surface area contributed by atoms with Crippen LogP contribution in [0.1, 0.15) is 16.1 Å². The maximum Gasteiger partial charge on any atom is 0.417 e. The number of carbonyl (C=O) groups is 1. The predicted octanol–water partition coefficient (Wildman–Crippen LogP) is 3.18. The SMILES string of the molecule is CS(=O)(=O)c1ccc(-c2ccc(C=O)o2)cc1C(F)(F)F. The molecular formula is C13H9F3O4S. The summed E-state index contributed by atoms with van der Waals surface area (Å²) in [6, 6.07) is 5.39. The van der Waals surface area contributed by atoms with Gasteiger partial charge in [0.2, 0.25) is 0 Å². The van der Waals surface area contributed by atoms with E-state index in [2.05, 4.69) is 0 Å². The van der Waals surface area contributed by atoms with Gasteiger partial charge >= 0.3 is 6.18 Å². The number of rotatable bonds is 3. The van der Waals surface area contributed by atoms with Crippen molar-refractivity contribution in [3.05, 3.63) is 41.7 Å². The third-order valence-corrected chi connectivity index (χ3v) is 3.87. The van der Waals surface area contributed by atoms with Crippen LogP contribution in [-0.2, 0) is 16.0 Å². The van der Waals surface area contributed by atoms with Gasteiger partial charge in [-0.2, -0.15) is 13.2 Å². The zero-order valence-corrected chi connectivity index (χ0v) is 11.5. The monoisotopic (exact) mass is 318 g/mol. The van der Waals surface area contributed by atoms with Gasteiger partial charge in [0.1, 0.15) is 5.76 Å². The topological polar surface area (TPSA) is 64.3 Å². The summed E-state index contributed by atoms with van der Waals surface area (Å²) in [4.78, 5) is 9.71. The molecule has 0 atom stereocenters. The average molecular weight is 318 g/mol. The highest BCUT2D eigenvalue weighted by atomic mass is 32.2. The lowest BCUT2D eigenvalue weighted by Crippen LogP contribution is -2.12. The second-order valence-electron chi connectivity index (χ2n) is 4.30. The quantitative estimate of drug-likeness (QED) is 0.815. The Kier molecular flexibility index (Phi) is 3.66. The number of aldehydes is 1. The standard InChI is InChI=1S/C13H9F3O4S/c1-21(18,19)12-5-2-8(6-10(12)13(14,15)16)11-4-3-9(7-17)20-11/h2-7H,1H3. The minimum absolute atomic E-state index is 0.0304. The van der Waals surface area contributed by atoms with Crippen LogP contribution in [0.5, 0.6) is 0 Å². The lowest BCUT2D eigenvalue weighted by atomic mass is 10.1. The van der Waals surface area contributed by atoms with E-state index < -0.39 is 26.5 Å². The van der Waals surface area contributed by atoms with Gasteiger partial charge in [-0.1, -0.05) is 0 Å². The van der Waals surface area contributed by atoms with Gasteiger partial charge in [-0.05, 0) is 30.3 Å². The van der Waals surface area contributed by atoms with Crippen LogP contribution in [0.3, 0.4) is 0 Å². The molecule has 0 saturated heterocycles. The molecule has 1 heterocycles. The van der Waals surface area contributed by atoms with Crippen LogP contribution in [0.4, 0.5) is 13.2 Å². The minimum atomic E-state index is -4.82. The molecule has 0 bridgehead atoms. The molecule has 0 unspecified atom stereocenters. The number of halogens is 3. The second-order valence-corrected chi connectivity index (χ2v) is 6.28. The lowest BCUT2D eigenvalue weighted by Gasteiger charge is -2.12. The van der Waals surface area contributed by atoms with E-state index in [1.54, 1.807) is 0 Å². The normalized spacial score (nSPS) is 12.4. The Morgan fingerprint density at radius 1 is 1.14 bits per heavy atom. The molecule has 0 aliphatic heterocycles. The number of carbonyl (C=O) groups excluding carboxylic acids is 1. The molecule has 0 aliphatic carbocycles. The van der Waals surface area contributed by atoms with Crippen molar-refractivity contribution in [1.29, 1.82) is 0 Å². The van der Waals surface area contributed by atoms with Crippen molar-refractivity contribution >= 4 is 16.1 Å². The molecule has 1 aromatic heterocycles. The highest BCUT2D eigenvalue weighted by Gasteiger charge is 2.36. The third-order valence-electron chi connectivity index (χ3n) is 2.71. The van der Waals surface area contributed by atoms with E-state index in [1.165, 1.54) is 18.2 Å². The van der Waals surface area contributed by atoms with Gasteiger partial charge in [-0.3, -0.25) is 4.79 Å². The van der Waals surface area contributed by atoms with Gasteiger partial charge in [0, 0.05) is 11.8 Å². The summed E-state index contributed by atoms with van der Waals surface area (Å²) >= 11 is 0. The van der Waals surface area contributed by atoms with E-state index in [4.69, 9.17) is 4.42 Å². The molecule has 0 radical (unpaired) electrons. The molecule has 1 aromatic carbocycles. The van der Waals surface area contributed by atoms with E-state index in [9.17, 15) is 26.4 Å². The summed E-state index contributed by atoms with van der Waals surface area (Å²) < 4.78 is 66.9. The molecule has 4 nitrogen and oxygen atoms in total. The van der Waals surface area contributed by atoms with Crippen LogP contribution in [-0.4, -0.2) is 21.0 Å². The van der Waals surface area contributed by atoms with Gasteiger partial charge in [0.25, 0.3) is 0 Å². The Morgan fingerprint density at radius 3 is 2.29 bits per heavy atom. The number of furan rings is 1. The molecule has 0 spiro atoms. The molecule has 0 saturated carbocycles. The van der Waals surface area contributed by atoms with Crippen molar-refractivity contribution in [3.8, 4) is 11.3 Å². The highest BCUT2D eigenvalue weighted by molar-refractivity contribution is 7.90. The molecule has 112 valence electrons. The molecule has 0 N–H and O–H groups in total. The zero-order chi connectivity index (χ0) is 15.8. The smallest absolute Gasteiger partial charge is 0.417 e. The first-order chi connectivity index (χ1) is 9.63. The fourth-order valence-electron chi connectivity index (χ4n) is 1.80. The van der Waals surface area contributed by atoms with Crippen LogP contribution in [0.25, 0.3) is 11.3 Å². The van der Waals surface area contributed by atoms with Crippen LogP contribution < -0.4 is 0 Å². The van der Waals surface area contributed by atoms with Crippen molar-refractivity contribution in [2.45, 2.75) is 11.1 Å². The number of hydrogen-bond acceptors (Lipinski definition) is 4. The fourth-order valence-corrected chi connectivity index (χ4v) is 2.69. The van der Waals surface area contributed by atoms with Gasteiger partial charge in [0.15, 0.2) is 21.9 Å². The second kappa shape index (κ2) is 5.03. The Bertz CT molecular complexity index is 788. The largest absolute Gasteiger partial charge is 0.453 e. The molecule has 0 amide bonds. The van der Waals surface area contributed by atoms with E-state index in [1.807, 2.05) is 0 Å². The van der Waals surface area contributed by atoms with Crippen molar-refractivity contribution in [2.24, 2.45) is 0 Å². The van der Waals surface area contributed by atoms with Crippen molar-refractivity contribution in [3.63, 3.8) is 0 Å². The first kappa shape index (κ1) is 15.3. The number of alkyl halides is 3. The molecule has 8 heteroatoms. The Hall–Kier alpha value is -2.09. The van der Waals surface area contributed by atoms with Gasteiger partial charge < -0.3 is 4.42 Å². The fraction of sp³-hybridized carbons (Fsp3) is 0.154. The number of benzene rings is 1. The van der Waals surface area contributed by atoms with Gasteiger partial charge in [-0.15, -0.1) is 0 Å². The number of sulfone groups is 1. The van der Waals surface area contributed by atoms with E-state index >= 15 is 0 Å². The average Bonchev–Trinajstić information content (AvgIpc) is 2.84. The molecule has 0 fully saturated rings. The molecular weight excluding hydrogens is 309 g/mol. The summed E-state index contributed by atoms with van der Waals surface area (Å²) in [7, 11) is -4.02. The summed E-state index contributed by atoms with van der Waals surface area (Å²) in [5.41, 5.74) is -1.24. The van der Waals surface area contributed by atoms with E-state index in [-0.39, 0.29) is 17.1 Å².